The summed E-state index contributed by atoms with van der Waals surface area (Å²) in [6.07, 6.45) is 1.88. The normalized spacial score (nSPS) is 11.9. The highest BCUT2D eigenvalue weighted by Crippen LogP contribution is 2.25. The molecule has 0 radical (unpaired) electrons. The number of phenols is 1. The zero-order valence-electron chi connectivity index (χ0n) is 13.7. The molecule has 1 heterocycles. The Kier molecular flexibility index (Phi) is 4.70. The molecule has 6 nitrogen and oxygen atoms in total. The maximum absolute atomic E-state index is 12.6. The molecule has 1 atom stereocenters. The number of phenolic OH excluding ortho intramolecular Hbond substituents is 1. The minimum atomic E-state index is -0.823. The Bertz CT molecular complexity index is 899. The number of ether oxygens (including phenoxy) is 1. The van der Waals surface area contributed by atoms with E-state index < -0.39 is 12.0 Å². The summed E-state index contributed by atoms with van der Waals surface area (Å²) in [5.41, 5.74) is 1.66. The SMILES string of the molecule is CC(=O)N[C@@H](Cc1ccc(O)cc1)C(=O)Oc1c[nH]c2ccccc12. The van der Waals surface area contributed by atoms with Crippen molar-refractivity contribution >= 4 is 22.8 Å². The van der Waals surface area contributed by atoms with Crippen LogP contribution in [0.5, 0.6) is 11.5 Å². The Labute approximate surface area is 144 Å². The summed E-state index contributed by atoms with van der Waals surface area (Å²) in [5.74, 6) is -0.310. The van der Waals surface area contributed by atoms with Crippen LogP contribution < -0.4 is 10.1 Å². The molecule has 1 aromatic heterocycles. The summed E-state index contributed by atoms with van der Waals surface area (Å²) in [5, 5.41) is 12.8. The van der Waals surface area contributed by atoms with Crippen molar-refractivity contribution in [2.45, 2.75) is 19.4 Å². The first kappa shape index (κ1) is 16.6. The van der Waals surface area contributed by atoms with Crippen molar-refractivity contribution in [1.82, 2.24) is 10.3 Å². The highest BCUT2D eigenvalue weighted by molar-refractivity contribution is 5.91. The maximum atomic E-state index is 12.6. The van der Waals surface area contributed by atoms with Gasteiger partial charge in [0.2, 0.25) is 5.91 Å². The quantitative estimate of drug-likeness (QED) is 0.624. The molecule has 3 N–H and O–H groups in total. The minimum Gasteiger partial charge on any atom is -0.508 e. The van der Waals surface area contributed by atoms with Gasteiger partial charge >= 0.3 is 5.97 Å². The lowest BCUT2D eigenvalue weighted by Gasteiger charge is -2.16. The van der Waals surface area contributed by atoms with Gasteiger partial charge in [-0.1, -0.05) is 24.3 Å². The topological polar surface area (TPSA) is 91.4 Å². The molecular weight excluding hydrogens is 320 g/mol. The van der Waals surface area contributed by atoms with Crippen LogP contribution in [0.4, 0.5) is 0 Å². The molecule has 0 aliphatic heterocycles. The zero-order chi connectivity index (χ0) is 17.8. The first-order valence-corrected chi connectivity index (χ1v) is 7.86. The second kappa shape index (κ2) is 7.09. The Morgan fingerprint density at radius 2 is 1.88 bits per heavy atom. The third-order valence-corrected chi connectivity index (χ3v) is 3.80. The van der Waals surface area contributed by atoms with Crippen LogP contribution >= 0.6 is 0 Å². The van der Waals surface area contributed by atoms with Gasteiger partial charge in [0.15, 0.2) is 5.75 Å². The second-order valence-corrected chi connectivity index (χ2v) is 5.74. The molecule has 1 amide bonds. The molecule has 0 saturated heterocycles. The predicted octanol–water partition coefficient (Wildman–Crippen LogP) is 2.53. The van der Waals surface area contributed by atoms with Gasteiger partial charge in [-0.2, -0.15) is 0 Å². The Hall–Kier alpha value is -3.28. The molecule has 0 aliphatic rings. The monoisotopic (exact) mass is 338 g/mol. The summed E-state index contributed by atoms with van der Waals surface area (Å²) < 4.78 is 5.49. The number of nitrogens with one attached hydrogen (secondary N) is 2. The molecule has 0 saturated carbocycles. The van der Waals surface area contributed by atoms with Crippen molar-refractivity contribution in [3.8, 4) is 11.5 Å². The third-order valence-electron chi connectivity index (χ3n) is 3.80. The number of aromatic nitrogens is 1. The van der Waals surface area contributed by atoms with E-state index in [0.717, 1.165) is 16.5 Å². The van der Waals surface area contributed by atoms with E-state index in [1.54, 1.807) is 18.3 Å². The summed E-state index contributed by atoms with van der Waals surface area (Å²) in [6.45, 7) is 1.35. The van der Waals surface area contributed by atoms with Gasteiger partial charge in [-0.3, -0.25) is 4.79 Å². The standard InChI is InChI=1S/C19H18N2O4/c1-12(22)21-17(10-13-6-8-14(23)9-7-13)19(24)25-18-11-20-16-5-3-2-4-15(16)18/h2-9,11,17,20,23H,10H2,1H3,(H,21,22)/t17-/m0/s1. The number of aromatic hydroxyl groups is 1. The van der Waals surface area contributed by atoms with Gasteiger partial charge in [-0.05, 0) is 29.8 Å². The molecule has 0 fully saturated rings. The van der Waals surface area contributed by atoms with Crippen LogP contribution in [0.3, 0.4) is 0 Å². The van der Waals surface area contributed by atoms with E-state index in [1.165, 1.54) is 19.1 Å². The number of benzene rings is 2. The number of para-hydroxylation sites is 1. The number of hydrogen-bond donors (Lipinski definition) is 3. The predicted molar refractivity (Wildman–Crippen MR) is 93.3 cm³/mol. The fourth-order valence-corrected chi connectivity index (χ4v) is 2.62. The van der Waals surface area contributed by atoms with E-state index >= 15 is 0 Å². The minimum absolute atomic E-state index is 0.140. The Morgan fingerprint density at radius 1 is 1.16 bits per heavy atom. The van der Waals surface area contributed by atoms with E-state index in [0.29, 0.717) is 5.75 Å². The van der Waals surface area contributed by atoms with Crippen molar-refractivity contribution in [2.75, 3.05) is 0 Å². The van der Waals surface area contributed by atoms with Crippen molar-refractivity contribution in [3.05, 3.63) is 60.3 Å². The van der Waals surface area contributed by atoms with E-state index in [-0.39, 0.29) is 18.1 Å². The summed E-state index contributed by atoms with van der Waals surface area (Å²) >= 11 is 0. The van der Waals surface area contributed by atoms with E-state index in [2.05, 4.69) is 10.3 Å². The Balaban J connectivity index is 1.79. The van der Waals surface area contributed by atoms with Crippen LogP contribution in [0.25, 0.3) is 10.9 Å². The van der Waals surface area contributed by atoms with Crippen LogP contribution in [0.2, 0.25) is 0 Å². The van der Waals surface area contributed by atoms with Crippen molar-refractivity contribution < 1.29 is 19.4 Å². The van der Waals surface area contributed by atoms with Crippen molar-refractivity contribution in [1.29, 1.82) is 0 Å². The largest absolute Gasteiger partial charge is 0.508 e. The molecule has 0 unspecified atom stereocenters. The van der Waals surface area contributed by atoms with Crippen LogP contribution in [-0.2, 0) is 16.0 Å². The molecular formula is C19H18N2O4. The molecule has 0 spiro atoms. The van der Waals surface area contributed by atoms with Gasteiger partial charge < -0.3 is 20.1 Å². The van der Waals surface area contributed by atoms with Crippen molar-refractivity contribution in [2.24, 2.45) is 0 Å². The zero-order valence-corrected chi connectivity index (χ0v) is 13.7. The van der Waals surface area contributed by atoms with Crippen LogP contribution in [-0.4, -0.2) is 28.0 Å². The van der Waals surface area contributed by atoms with E-state index in [9.17, 15) is 14.7 Å². The molecule has 0 bridgehead atoms. The van der Waals surface area contributed by atoms with Gasteiger partial charge in [-0.15, -0.1) is 0 Å². The summed E-state index contributed by atoms with van der Waals surface area (Å²) in [4.78, 5) is 27.1. The van der Waals surface area contributed by atoms with E-state index in [1.807, 2.05) is 24.3 Å². The van der Waals surface area contributed by atoms with Gasteiger partial charge in [-0.25, -0.2) is 4.79 Å². The summed E-state index contributed by atoms with van der Waals surface area (Å²) in [6, 6.07) is 13.1. The number of amides is 1. The van der Waals surface area contributed by atoms with Crippen LogP contribution in [0.15, 0.2) is 54.7 Å². The number of H-pyrrole nitrogens is 1. The first-order chi connectivity index (χ1) is 12.0. The lowest BCUT2D eigenvalue weighted by molar-refractivity contribution is -0.138. The molecule has 0 aliphatic carbocycles. The third kappa shape index (κ3) is 3.98. The highest BCUT2D eigenvalue weighted by atomic mass is 16.5. The molecule has 2 aromatic carbocycles. The average Bonchev–Trinajstić information content (AvgIpc) is 2.99. The van der Waals surface area contributed by atoms with Gasteiger partial charge in [0, 0.05) is 30.4 Å². The first-order valence-electron chi connectivity index (χ1n) is 7.86. The molecule has 3 aromatic rings. The number of hydrogen-bond acceptors (Lipinski definition) is 4. The molecule has 128 valence electrons. The lowest BCUT2D eigenvalue weighted by Crippen LogP contribution is -2.43. The van der Waals surface area contributed by atoms with E-state index in [4.69, 9.17) is 4.74 Å². The number of fused-ring (bicyclic) bond motifs is 1. The Morgan fingerprint density at radius 3 is 2.60 bits per heavy atom. The van der Waals surface area contributed by atoms with Crippen LogP contribution in [0, 0.1) is 0 Å². The molecule has 3 rings (SSSR count). The fraction of sp³-hybridized carbons (Fsp3) is 0.158. The number of aromatic amines is 1. The van der Waals surface area contributed by atoms with Gasteiger partial charge in [0.25, 0.3) is 0 Å². The average molecular weight is 338 g/mol. The number of carbonyl (C=O) groups excluding carboxylic acids is 2. The fourth-order valence-electron chi connectivity index (χ4n) is 2.62. The smallest absolute Gasteiger partial charge is 0.334 e. The van der Waals surface area contributed by atoms with Crippen LogP contribution in [0.1, 0.15) is 12.5 Å². The summed E-state index contributed by atoms with van der Waals surface area (Å²) in [7, 11) is 0. The van der Waals surface area contributed by atoms with Gasteiger partial charge in [0.1, 0.15) is 11.8 Å². The number of rotatable bonds is 5. The van der Waals surface area contributed by atoms with Crippen molar-refractivity contribution in [3.63, 3.8) is 0 Å². The maximum Gasteiger partial charge on any atom is 0.334 e. The lowest BCUT2D eigenvalue weighted by atomic mass is 10.1. The number of esters is 1. The molecule has 25 heavy (non-hydrogen) atoms. The van der Waals surface area contributed by atoms with Gasteiger partial charge in [0.05, 0.1) is 0 Å². The number of carbonyl (C=O) groups is 2. The highest BCUT2D eigenvalue weighted by Gasteiger charge is 2.23. The molecule has 6 heteroatoms. The second-order valence-electron chi connectivity index (χ2n) is 5.74.